The van der Waals surface area contributed by atoms with Crippen LogP contribution in [0, 0.1) is 5.41 Å². The van der Waals surface area contributed by atoms with Gasteiger partial charge in [-0.25, -0.2) is 9.97 Å². The number of anilines is 1. The van der Waals surface area contributed by atoms with Crippen LogP contribution in [-0.4, -0.2) is 16.5 Å². The molecule has 1 aromatic heterocycles. The van der Waals surface area contributed by atoms with Crippen LogP contribution < -0.4 is 5.32 Å². The van der Waals surface area contributed by atoms with Crippen LogP contribution in [0.25, 0.3) is 0 Å². The zero-order valence-electron chi connectivity index (χ0n) is 7.55. The van der Waals surface area contributed by atoms with Crippen molar-refractivity contribution in [1.29, 1.82) is 0 Å². The molecule has 0 atom stereocenters. The first-order valence-electron chi connectivity index (χ1n) is 4.40. The molecule has 0 saturated heterocycles. The van der Waals surface area contributed by atoms with Gasteiger partial charge in [0.25, 0.3) is 0 Å². The summed E-state index contributed by atoms with van der Waals surface area (Å²) in [5, 5.41) is 3.66. The summed E-state index contributed by atoms with van der Waals surface area (Å²) >= 11 is 5.84. The molecular formula is C9H12ClN3. The van der Waals surface area contributed by atoms with Gasteiger partial charge in [-0.15, -0.1) is 0 Å². The highest BCUT2D eigenvalue weighted by atomic mass is 35.5. The third-order valence-electron chi connectivity index (χ3n) is 2.44. The molecule has 1 fully saturated rings. The van der Waals surface area contributed by atoms with Gasteiger partial charge in [-0.1, -0.05) is 18.5 Å². The van der Waals surface area contributed by atoms with E-state index in [4.69, 9.17) is 11.6 Å². The molecule has 1 saturated carbocycles. The molecule has 0 aromatic carbocycles. The van der Waals surface area contributed by atoms with Gasteiger partial charge in [0.2, 0.25) is 0 Å². The van der Waals surface area contributed by atoms with Gasteiger partial charge < -0.3 is 5.32 Å². The Hall–Kier alpha value is -0.830. The minimum Gasteiger partial charge on any atom is -0.367 e. The summed E-state index contributed by atoms with van der Waals surface area (Å²) in [6.07, 6.45) is 5.81. The van der Waals surface area contributed by atoms with Crippen molar-refractivity contribution < 1.29 is 0 Å². The quantitative estimate of drug-likeness (QED) is 0.809. The molecule has 1 aromatic rings. The van der Waals surface area contributed by atoms with E-state index in [1.165, 1.54) is 12.8 Å². The van der Waals surface area contributed by atoms with Crippen molar-refractivity contribution in [2.45, 2.75) is 19.8 Å². The maximum Gasteiger partial charge on any atom is 0.171 e. The van der Waals surface area contributed by atoms with Crippen LogP contribution in [0.5, 0.6) is 0 Å². The van der Waals surface area contributed by atoms with Gasteiger partial charge in [-0.2, -0.15) is 0 Å². The predicted octanol–water partition coefficient (Wildman–Crippen LogP) is 2.34. The van der Waals surface area contributed by atoms with Crippen molar-refractivity contribution in [2.75, 3.05) is 11.9 Å². The molecule has 0 radical (unpaired) electrons. The van der Waals surface area contributed by atoms with Crippen LogP contribution in [0.3, 0.4) is 0 Å². The molecule has 1 aliphatic rings. The van der Waals surface area contributed by atoms with E-state index in [0.717, 1.165) is 6.54 Å². The van der Waals surface area contributed by atoms with E-state index in [-0.39, 0.29) is 0 Å². The Morgan fingerprint density at radius 3 is 2.77 bits per heavy atom. The molecule has 0 spiro atoms. The number of rotatable bonds is 3. The van der Waals surface area contributed by atoms with E-state index >= 15 is 0 Å². The molecule has 70 valence electrons. The molecule has 1 N–H and O–H groups in total. The van der Waals surface area contributed by atoms with E-state index < -0.39 is 0 Å². The van der Waals surface area contributed by atoms with Crippen LogP contribution in [-0.2, 0) is 0 Å². The summed E-state index contributed by atoms with van der Waals surface area (Å²) in [7, 11) is 0. The zero-order valence-corrected chi connectivity index (χ0v) is 8.30. The maximum absolute atomic E-state index is 5.84. The molecule has 0 amide bonds. The van der Waals surface area contributed by atoms with Gasteiger partial charge in [0.15, 0.2) is 11.0 Å². The van der Waals surface area contributed by atoms with Crippen molar-refractivity contribution in [3.05, 3.63) is 17.5 Å². The Balaban J connectivity index is 1.97. The number of aromatic nitrogens is 2. The second kappa shape index (κ2) is 3.14. The fourth-order valence-corrected chi connectivity index (χ4v) is 1.30. The van der Waals surface area contributed by atoms with Gasteiger partial charge in [-0.3, -0.25) is 0 Å². The summed E-state index contributed by atoms with van der Waals surface area (Å²) in [5.74, 6) is 0.692. The molecule has 0 unspecified atom stereocenters. The number of hydrogen-bond acceptors (Lipinski definition) is 3. The molecule has 1 aliphatic carbocycles. The van der Waals surface area contributed by atoms with Crippen molar-refractivity contribution in [3.8, 4) is 0 Å². The standard InChI is InChI=1S/C9H12ClN3/c1-9(2-3-9)6-13-8-7(10)11-4-5-12-8/h4-5H,2-3,6H2,1H3,(H,12,13). The van der Waals surface area contributed by atoms with Crippen LogP contribution in [0.15, 0.2) is 12.4 Å². The smallest absolute Gasteiger partial charge is 0.171 e. The number of halogens is 1. The Kier molecular flexibility index (Phi) is 2.12. The first-order chi connectivity index (χ1) is 6.20. The number of hydrogen-bond donors (Lipinski definition) is 1. The van der Waals surface area contributed by atoms with E-state index in [2.05, 4.69) is 22.2 Å². The molecule has 0 aliphatic heterocycles. The van der Waals surface area contributed by atoms with Gasteiger partial charge in [0.05, 0.1) is 0 Å². The summed E-state index contributed by atoms with van der Waals surface area (Å²) in [5.41, 5.74) is 0.459. The highest BCUT2D eigenvalue weighted by molar-refractivity contribution is 6.31. The highest BCUT2D eigenvalue weighted by Gasteiger charge is 2.36. The summed E-state index contributed by atoms with van der Waals surface area (Å²) < 4.78 is 0. The van der Waals surface area contributed by atoms with Crippen LogP contribution >= 0.6 is 11.6 Å². The molecule has 1 heterocycles. The van der Waals surface area contributed by atoms with Crippen LogP contribution in [0.1, 0.15) is 19.8 Å². The van der Waals surface area contributed by atoms with E-state index in [9.17, 15) is 0 Å². The average Bonchev–Trinajstić information content (AvgIpc) is 2.83. The monoisotopic (exact) mass is 197 g/mol. The summed E-state index contributed by atoms with van der Waals surface area (Å²) in [6.45, 7) is 3.19. The number of nitrogens with zero attached hydrogens (tertiary/aromatic N) is 2. The van der Waals surface area contributed by atoms with E-state index in [0.29, 0.717) is 16.4 Å². The molecule has 13 heavy (non-hydrogen) atoms. The van der Waals surface area contributed by atoms with Gasteiger partial charge in [0, 0.05) is 18.9 Å². The highest BCUT2D eigenvalue weighted by Crippen LogP contribution is 2.44. The third-order valence-corrected chi connectivity index (χ3v) is 2.72. The second-order valence-electron chi connectivity index (χ2n) is 3.86. The van der Waals surface area contributed by atoms with Crippen molar-refractivity contribution in [1.82, 2.24) is 9.97 Å². The molecular weight excluding hydrogens is 186 g/mol. The maximum atomic E-state index is 5.84. The SMILES string of the molecule is CC1(CNc2nccnc2Cl)CC1. The van der Waals surface area contributed by atoms with Gasteiger partial charge in [0.1, 0.15) is 0 Å². The lowest BCUT2D eigenvalue weighted by Gasteiger charge is -2.10. The van der Waals surface area contributed by atoms with Crippen LogP contribution in [0.2, 0.25) is 5.15 Å². The summed E-state index contributed by atoms with van der Waals surface area (Å²) in [4.78, 5) is 8.04. The van der Waals surface area contributed by atoms with Gasteiger partial charge in [-0.05, 0) is 18.3 Å². The number of nitrogens with one attached hydrogen (secondary N) is 1. The fourth-order valence-electron chi connectivity index (χ4n) is 1.13. The predicted molar refractivity (Wildman–Crippen MR) is 52.9 cm³/mol. The second-order valence-corrected chi connectivity index (χ2v) is 4.22. The fraction of sp³-hybridized carbons (Fsp3) is 0.556. The molecule has 2 rings (SSSR count). The normalized spacial score (nSPS) is 18.3. The Bertz CT molecular complexity index is 309. The minimum absolute atomic E-state index is 0.451. The largest absolute Gasteiger partial charge is 0.367 e. The lowest BCUT2D eigenvalue weighted by Crippen LogP contribution is -2.13. The van der Waals surface area contributed by atoms with Gasteiger partial charge >= 0.3 is 0 Å². The zero-order chi connectivity index (χ0) is 9.31. The summed E-state index contributed by atoms with van der Waals surface area (Å²) in [6, 6.07) is 0. The topological polar surface area (TPSA) is 37.8 Å². The lowest BCUT2D eigenvalue weighted by atomic mass is 10.1. The molecule has 0 bridgehead atoms. The molecule has 3 nitrogen and oxygen atoms in total. The Labute approximate surface area is 82.5 Å². The van der Waals surface area contributed by atoms with E-state index in [1.807, 2.05) is 0 Å². The van der Waals surface area contributed by atoms with Crippen molar-refractivity contribution >= 4 is 17.4 Å². The molecule has 4 heteroatoms. The first-order valence-corrected chi connectivity index (χ1v) is 4.78. The Morgan fingerprint density at radius 2 is 2.15 bits per heavy atom. The minimum atomic E-state index is 0.451. The Morgan fingerprint density at radius 1 is 1.46 bits per heavy atom. The van der Waals surface area contributed by atoms with Crippen molar-refractivity contribution in [3.63, 3.8) is 0 Å². The average molecular weight is 198 g/mol. The van der Waals surface area contributed by atoms with E-state index in [1.54, 1.807) is 12.4 Å². The first kappa shape index (κ1) is 8.75. The van der Waals surface area contributed by atoms with Crippen molar-refractivity contribution in [2.24, 2.45) is 5.41 Å². The van der Waals surface area contributed by atoms with Crippen LogP contribution in [0.4, 0.5) is 5.82 Å². The lowest BCUT2D eigenvalue weighted by molar-refractivity contribution is 0.609. The third kappa shape index (κ3) is 2.10.